The standard InChI is InChI=1S/C25H34N2O6.C2H6/c1-15-13-19-17(16-11-12-26(14-16)22(29)32-24(2,3)4)9-10-18(21(28)31-8)20(19)27(15)23(30)33-25(5,6)7;1-2/h9-10,13,16H,11-12,14H2,1-8H3;1-2H3. The van der Waals surface area contributed by atoms with Gasteiger partial charge in [0.25, 0.3) is 0 Å². The molecule has 1 saturated heterocycles. The molecular formula is C27H40N2O6. The SMILES string of the molecule is CC.COC(=O)c1ccc(C2CCN(C(=O)OC(C)(C)C)C2)c2cc(C)n(C(=O)OC(C)(C)C)c12. The molecule has 35 heavy (non-hydrogen) atoms. The number of aryl methyl sites for hydroxylation is 1. The molecule has 8 nitrogen and oxygen atoms in total. The summed E-state index contributed by atoms with van der Waals surface area (Å²) in [7, 11) is 1.31. The Kier molecular flexibility index (Phi) is 8.63. The molecule has 1 aromatic carbocycles. The Morgan fingerprint density at radius 2 is 1.51 bits per heavy atom. The van der Waals surface area contributed by atoms with Crippen LogP contribution >= 0.6 is 0 Å². The summed E-state index contributed by atoms with van der Waals surface area (Å²) in [6.07, 6.45) is -0.142. The van der Waals surface area contributed by atoms with Gasteiger partial charge in [-0.3, -0.25) is 0 Å². The fourth-order valence-electron chi connectivity index (χ4n) is 4.15. The summed E-state index contributed by atoms with van der Waals surface area (Å²) in [6, 6.07) is 5.45. The highest BCUT2D eigenvalue weighted by molar-refractivity contribution is 6.07. The summed E-state index contributed by atoms with van der Waals surface area (Å²) in [5, 5.41) is 0.775. The maximum Gasteiger partial charge on any atom is 0.419 e. The number of rotatable bonds is 2. The van der Waals surface area contributed by atoms with Gasteiger partial charge in [-0.1, -0.05) is 19.9 Å². The number of fused-ring (bicyclic) bond motifs is 1. The Balaban J connectivity index is 0.00000210. The second-order valence-corrected chi connectivity index (χ2v) is 10.5. The van der Waals surface area contributed by atoms with Gasteiger partial charge in [0.2, 0.25) is 0 Å². The highest BCUT2D eigenvalue weighted by Crippen LogP contribution is 2.36. The number of hydrogen-bond acceptors (Lipinski definition) is 6. The van der Waals surface area contributed by atoms with E-state index in [2.05, 4.69) is 0 Å². The normalized spacial score (nSPS) is 15.9. The molecular weight excluding hydrogens is 448 g/mol. The Morgan fingerprint density at radius 3 is 2.06 bits per heavy atom. The number of methoxy groups -OCH3 is 1. The van der Waals surface area contributed by atoms with Crippen molar-refractivity contribution >= 4 is 29.1 Å². The number of benzene rings is 1. The quantitative estimate of drug-likeness (QED) is 0.366. The van der Waals surface area contributed by atoms with E-state index in [1.165, 1.54) is 11.7 Å². The summed E-state index contributed by atoms with van der Waals surface area (Å²) < 4.78 is 17.5. The van der Waals surface area contributed by atoms with Crippen LogP contribution in [0.5, 0.6) is 0 Å². The van der Waals surface area contributed by atoms with Crippen molar-refractivity contribution in [3.63, 3.8) is 0 Å². The van der Waals surface area contributed by atoms with Crippen LogP contribution in [0.1, 0.15) is 89.3 Å². The first-order valence-corrected chi connectivity index (χ1v) is 12.2. The van der Waals surface area contributed by atoms with Crippen LogP contribution in [0.2, 0.25) is 0 Å². The molecule has 0 saturated carbocycles. The first-order chi connectivity index (χ1) is 16.2. The molecule has 1 aliphatic rings. The predicted molar refractivity (Wildman–Crippen MR) is 136 cm³/mol. The minimum Gasteiger partial charge on any atom is -0.465 e. The molecule has 194 valence electrons. The van der Waals surface area contributed by atoms with E-state index < -0.39 is 23.3 Å². The fraction of sp³-hybridized carbons (Fsp3) is 0.593. The molecule has 0 N–H and O–H groups in total. The third-order valence-corrected chi connectivity index (χ3v) is 5.44. The van der Waals surface area contributed by atoms with Gasteiger partial charge in [-0.2, -0.15) is 0 Å². The molecule has 0 spiro atoms. The van der Waals surface area contributed by atoms with E-state index in [9.17, 15) is 14.4 Å². The summed E-state index contributed by atoms with van der Waals surface area (Å²) in [5.41, 5.74) is 1.11. The molecule has 0 aliphatic carbocycles. The first kappa shape index (κ1) is 28.2. The smallest absolute Gasteiger partial charge is 0.419 e. The Hall–Kier alpha value is -3.03. The number of aromatic nitrogens is 1. The largest absolute Gasteiger partial charge is 0.465 e. The van der Waals surface area contributed by atoms with E-state index >= 15 is 0 Å². The highest BCUT2D eigenvalue weighted by atomic mass is 16.6. The third kappa shape index (κ3) is 6.55. The predicted octanol–water partition coefficient (Wildman–Crippen LogP) is 6.27. The Labute approximate surface area is 208 Å². The molecule has 1 aromatic heterocycles. The van der Waals surface area contributed by atoms with Crippen LogP contribution in [0.3, 0.4) is 0 Å². The summed E-state index contributed by atoms with van der Waals surface area (Å²) in [5.74, 6) is -0.489. The lowest BCUT2D eigenvalue weighted by molar-refractivity contribution is 0.0292. The van der Waals surface area contributed by atoms with E-state index in [0.29, 0.717) is 24.3 Å². The molecule has 0 bridgehead atoms. The minimum atomic E-state index is -0.692. The number of carbonyl (C=O) groups is 3. The van der Waals surface area contributed by atoms with E-state index in [1.54, 1.807) is 38.7 Å². The second-order valence-electron chi connectivity index (χ2n) is 10.5. The van der Waals surface area contributed by atoms with Crippen molar-refractivity contribution in [3.8, 4) is 0 Å². The van der Waals surface area contributed by atoms with Crippen LogP contribution in [0, 0.1) is 6.92 Å². The van der Waals surface area contributed by atoms with Gasteiger partial charge in [-0.25, -0.2) is 19.0 Å². The number of nitrogens with zero attached hydrogens (tertiary/aromatic N) is 2. The van der Waals surface area contributed by atoms with Gasteiger partial charge in [0.05, 0.1) is 18.2 Å². The topological polar surface area (TPSA) is 87.1 Å². The Morgan fingerprint density at radius 1 is 0.943 bits per heavy atom. The van der Waals surface area contributed by atoms with Gasteiger partial charge >= 0.3 is 18.2 Å². The van der Waals surface area contributed by atoms with Crippen molar-refractivity contribution in [1.29, 1.82) is 0 Å². The van der Waals surface area contributed by atoms with Crippen LogP contribution in [0.25, 0.3) is 10.9 Å². The molecule has 1 atom stereocenters. The van der Waals surface area contributed by atoms with Crippen LogP contribution in [0.4, 0.5) is 9.59 Å². The van der Waals surface area contributed by atoms with Gasteiger partial charge in [-0.05, 0) is 72.6 Å². The van der Waals surface area contributed by atoms with Crippen LogP contribution in [-0.4, -0.2) is 59.0 Å². The number of esters is 1. The summed E-state index contributed by atoms with van der Waals surface area (Å²) in [6.45, 7) is 17.8. The number of likely N-dealkylation sites (tertiary alicyclic amines) is 1. The number of amides is 1. The van der Waals surface area contributed by atoms with Crippen molar-refractivity contribution in [2.45, 2.75) is 85.9 Å². The molecule has 1 fully saturated rings. The number of carbonyl (C=O) groups excluding carboxylic acids is 3. The summed E-state index contributed by atoms with van der Waals surface area (Å²) in [4.78, 5) is 39.8. The molecule has 2 aromatic rings. The van der Waals surface area contributed by atoms with Gasteiger partial charge in [-0.15, -0.1) is 0 Å². The van der Waals surface area contributed by atoms with Crippen molar-refractivity contribution in [3.05, 3.63) is 35.0 Å². The van der Waals surface area contributed by atoms with Gasteiger partial charge < -0.3 is 19.1 Å². The lowest BCUT2D eigenvalue weighted by Crippen LogP contribution is -2.35. The zero-order valence-electron chi connectivity index (χ0n) is 22.8. The van der Waals surface area contributed by atoms with Gasteiger partial charge in [0.1, 0.15) is 11.2 Å². The average Bonchev–Trinajstić information content (AvgIpc) is 3.36. The molecule has 8 heteroatoms. The van der Waals surface area contributed by atoms with Crippen LogP contribution in [-0.2, 0) is 14.2 Å². The first-order valence-electron chi connectivity index (χ1n) is 12.2. The average molecular weight is 489 g/mol. The second kappa shape index (κ2) is 10.7. The molecule has 0 radical (unpaired) electrons. The van der Waals surface area contributed by atoms with Crippen LogP contribution in [0.15, 0.2) is 18.2 Å². The maximum atomic E-state index is 13.0. The van der Waals surface area contributed by atoms with Crippen molar-refractivity contribution in [1.82, 2.24) is 9.47 Å². The van der Waals surface area contributed by atoms with Crippen molar-refractivity contribution in [2.75, 3.05) is 20.2 Å². The monoisotopic (exact) mass is 488 g/mol. The lowest BCUT2D eigenvalue weighted by Gasteiger charge is -2.24. The molecule has 1 aliphatic heterocycles. The van der Waals surface area contributed by atoms with Crippen molar-refractivity contribution < 1.29 is 28.6 Å². The molecule has 1 amide bonds. The zero-order valence-corrected chi connectivity index (χ0v) is 22.8. The maximum absolute atomic E-state index is 13.0. The van der Waals surface area contributed by atoms with Crippen LogP contribution < -0.4 is 0 Å². The lowest BCUT2D eigenvalue weighted by atomic mass is 9.93. The van der Waals surface area contributed by atoms with Gasteiger partial charge in [0.15, 0.2) is 0 Å². The molecule has 1 unspecified atom stereocenters. The van der Waals surface area contributed by atoms with Gasteiger partial charge in [0, 0.05) is 30.1 Å². The summed E-state index contributed by atoms with van der Waals surface area (Å²) >= 11 is 0. The van der Waals surface area contributed by atoms with E-state index in [1.807, 2.05) is 46.8 Å². The highest BCUT2D eigenvalue weighted by Gasteiger charge is 2.33. The zero-order chi connectivity index (χ0) is 26.7. The van der Waals surface area contributed by atoms with E-state index in [-0.39, 0.29) is 17.6 Å². The molecule has 3 rings (SSSR count). The molecule has 2 heterocycles. The van der Waals surface area contributed by atoms with E-state index in [4.69, 9.17) is 14.2 Å². The number of hydrogen-bond donors (Lipinski definition) is 0. The minimum absolute atomic E-state index is 0.0422. The van der Waals surface area contributed by atoms with Crippen molar-refractivity contribution in [2.24, 2.45) is 0 Å². The fourth-order valence-corrected chi connectivity index (χ4v) is 4.15. The number of ether oxygens (including phenoxy) is 3. The Bertz CT molecular complexity index is 1090. The van der Waals surface area contributed by atoms with E-state index in [0.717, 1.165) is 17.4 Å². The third-order valence-electron chi connectivity index (χ3n) is 5.44.